The Kier molecular flexibility index (Phi) is 9.23. The Morgan fingerprint density at radius 1 is 0.324 bits per heavy atom. The van der Waals surface area contributed by atoms with Crippen molar-refractivity contribution in [3.63, 3.8) is 0 Å². The first kappa shape index (κ1) is 39.7. The van der Waals surface area contributed by atoms with Gasteiger partial charge in [-0.2, -0.15) is 0 Å². The molecule has 12 aromatic rings. The lowest BCUT2D eigenvalue weighted by Crippen LogP contribution is -2.14. The van der Waals surface area contributed by atoms with Crippen LogP contribution in [0.5, 0.6) is 0 Å². The molecule has 0 aliphatic heterocycles. The second-order valence-electron chi connectivity index (χ2n) is 18.7. The molecule has 2 nitrogen and oxygen atoms in total. The average Bonchev–Trinajstić information content (AvgIpc) is 3.90. The predicted octanol–water partition coefficient (Wildman–Crippen LogP) is 17.6. The SMILES string of the molecule is CC1(C)c2ccccc2-c2cc3c(-c4cccc(-c5ccccc5)c4)c4ccc(-c5cccc(-c6nc7ccccc7n6-c6ccccc6)c5)cc4c(-c4cccc(-c5ccccc5)c4)c3cc21. The smallest absolute Gasteiger partial charge is 0.145 e. The van der Waals surface area contributed by atoms with Gasteiger partial charge in [0, 0.05) is 16.7 Å². The van der Waals surface area contributed by atoms with Crippen molar-refractivity contribution in [1.82, 2.24) is 9.55 Å². The number of rotatable bonds is 7. The van der Waals surface area contributed by atoms with E-state index in [1.807, 2.05) is 0 Å². The summed E-state index contributed by atoms with van der Waals surface area (Å²) in [5, 5.41) is 4.95. The average molecular weight is 867 g/mol. The maximum atomic E-state index is 5.26. The molecule has 1 heterocycles. The van der Waals surface area contributed by atoms with E-state index < -0.39 is 0 Å². The van der Waals surface area contributed by atoms with Crippen LogP contribution in [0.15, 0.2) is 243 Å². The molecule has 320 valence electrons. The van der Waals surface area contributed by atoms with Crippen molar-refractivity contribution in [3.8, 4) is 83.8 Å². The summed E-state index contributed by atoms with van der Waals surface area (Å²) in [6.07, 6.45) is 0. The van der Waals surface area contributed by atoms with Crippen LogP contribution in [0.25, 0.3) is 116 Å². The fourth-order valence-electron chi connectivity index (χ4n) is 11.1. The largest absolute Gasteiger partial charge is 0.292 e. The molecule has 0 atom stereocenters. The molecule has 0 spiro atoms. The van der Waals surface area contributed by atoms with Crippen molar-refractivity contribution in [1.29, 1.82) is 0 Å². The van der Waals surface area contributed by atoms with Crippen molar-refractivity contribution in [2.24, 2.45) is 0 Å². The molecule has 0 radical (unpaired) electrons. The first-order chi connectivity index (χ1) is 33.5. The van der Waals surface area contributed by atoms with Gasteiger partial charge in [0.25, 0.3) is 0 Å². The minimum atomic E-state index is -0.176. The molecule has 0 bridgehead atoms. The molecule has 0 unspecified atom stereocenters. The minimum Gasteiger partial charge on any atom is -0.292 e. The zero-order valence-electron chi connectivity index (χ0n) is 38.0. The van der Waals surface area contributed by atoms with Gasteiger partial charge in [-0.3, -0.25) is 4.57 Å². The third kappa shape index (κ3) is 6.44. The first-order valence-corrected chi connectivity index (χ1v) is 23.6. The number of imidazole rings is 1. The van der Waals surface area contributed by atoms with Crippen LogP contribution in [0, 0.1) is 0 Å². The van der Waals surface area contributed by atoms with Gasteiger partial charge in [0.15, 0.2) is 0 Å². The second kappa shape index (κ2) is 15.8. The Balaban J connectivity index is 1.11. The highest BCUT2D eigenvalue weighted by molar-refractivity contribution is 6.23. The summed E-state index contributed by atoms with van der Waals surface area (Å²) in [5.74, 6) is 0.919. The summed E-state index contributed by atoms with van der Waals surface area (Å²) in [7, 11) is 0. The van der Waals surface area contributed by atoms with E-state index in [0.717, 1.165) is 39.2 Å². The van der Waals surface area contributed by atoms with Crippen molar-refractivity contribution in [2.75, 3.05) is 0 Å². The monoisotopic (exact) mass is 866 g/mol. The van der Waals surface area contributed by atoms with E-state index >= 15 is 0 Å². The molecule has 1 aliphatic carbocycles. The molecule has 11 aromatic carbocycles. The number of nitrogens with zero attached hydrogens (tertiary/aromatic N) is 2. The number of benzene rings is 11. The highest BCUT2D eigenvalue weighted by Gasteiger charge is 2.36. The first-order valence-electron chi connectivity index (χ1n) is 23.6. The summed E-state index contributed by atoms with van der Waals surface area (Å²) < 4.78 is 2.28. The lowest BCUT2D eigenvalue weighted by atomic mass is 9.79. The van der Waals surface area contributed by atoms with Gasteiger partial charge in [0.05, 0.1) is 11.0 Å². The number of hydrogen-bond acceptors (Lipinski definition) is 1. The predicted molar refractivity (Wildman–Crippen MR) is 286 cm³/mol. The molecule has 0 amide bonds. The van der Waals surface area contributed by atoms with E-state index in [-0.39, 0.29) is 5.41 Å². The molecule has 0 N–H and O–H groups in total. The molecule has 68 heavy (non-hydrogen) atoms. The van der Waals surface area contributed by atoms with Gasteiger partial charge in [0.1, 0.15) is 5.82 Å². The zero-order valence-corrected chi connectivity index (χ0v) is 38.0. The van der Waals surface area contributed by atoms with Crippen LogP contribution >= 0.6 is 0 Å². The maximum absolute atomic E-state index is 5.26. The van der Waals surface area contributed by atoms with Gasteiger partial charge in [-0.1, -0.05) is 196 Å². The highest BCUT2D eigenvalue weighted by Crippen LogP contribution is 2.54. The minimum absolute atomic E-state index is 0.176. The number of para-hydroxylation sites is 3. The third-order valence-corrected chi connectivity index (χ3v) is 14.4. The molecule has 0 saturated carbocycles. The van der Waals surface area contributed by atoms with Crippen LogP contribution < -0.4 is 0 Å². The van der Waals surface area contributed by atoms with E-state index in [2.05, 4.69) is 261 Å². The van der Waals surface area contributed by atoms with Crippen LogP contribution in [0.1, 0.15) is 25.0 Å². The van der Waals surface area contributed by atoms with Gasteiger partial charge in [-0.25, -0.2) is 4.98 Å². The number of aromatic nitrogens is 2. The van der Waals surface area contributed by atoms with Crippen molar-refractivity contribution >= 4 is 32.6 Å². The fourth-order valence-corrected chi connectivity index (χ4v) is 11.1. The summed E-state index contributed by atoms with van der Waals surface area (Å²) in [5.41, 5.74) is 21.4. The number of fused-ring (bicyclic) bond motifs is 6. The maximum Gasteiger partial charge on any atom is 0.145 e. The van der Waals surface area contributed by atoms with E-state index in [0.29, 0.717) is 0 Å². The Labute approximate surface area is 397 Å². The summed E-state index contributed by atoms with van der Waals surface area (Å²) in [6, 6.07) is 89.0. The van der Waals surface area contributed by atoms with Crippen LogP contribution in [0.4, 0.5) is 0 Å². The van der Waals surface area contributed by atoms with E-state index in [9.17, 15) is 0 Å². The van der Waals surface area contributed by atoms with Crippen molar-refractivity contribution in [2.45, 2.75) is 19.3 Å². The van der Waals surface area contributed by atoms with Crippen LogP contribution in [-0.4, -0.2) is 9.55 Å². The quantitative estimate of drug-likeness (QED) is 0.146. The van der Waals surface area contributed by atoms with Gasteiger partial charge in [-0.05, 0) is 160 Å². The standard InChI is InChI=1S/C66H46N2/c1-66(2)59-32-13-12-31-53(59)55-41-57-58(42-60(55)66)64(50-27-17-24-46(38-50)44-21-8-4-9-22-44)56-40-48(35-36-54(56)63(57)49-26-16-23-45(37-49)43-19-6-3-7-20-43)47-25-18-28-51(39-47)65-67-61-33-14-15-34-62(61)68(65)52-29-10-5-11-30-52/h3-42H,1-2H3. The molecular formula is C66H46N2. The Bertz CT molecular complexity index is 3920. The Hall–Kier alpha value is -8.59. The molecular weight excluding hydrogens is 821 g/mol. The Morgan fingerprint density at radius 3 is 1.50 bits per heavy atom. The van der Waals surface area contributed by atoms with E-state index in [1.54, 1.807) is 0 Å². The van der Waals surface area contributed by atoms with Crippen LogP contribution in [-0.2, 0) is 5.41 Å². The van der Waals surface area contributed by atoms with Gasteiger partial charge in [-0.15, -0.1) is 0 Å². The van der Waals surface area contributed by atoms with Crippen molar-refractivity contribution < 1.29 is 0 Å². The lowest BCUT2D eigenvalue weighted by Gasteiger charge is -2.24. The summed E-state index contributed by atoms with van der Waals surface area (Å²) in [6.45, 7) is 4.78. The van der Waals surface area contributed by atoms with Crippen LogP contribution in [0.3, 0.4) is 0 Å². The lowest BCUT2D eigenvalue weighted by molar-refractivity contribution is 0.661. The van der Waals surface area contributed by atoms with Gasteiger partial charge in [0.2, 0.25) is 0 Å². The molecule has 1 aromatic heterocycles. The molecule has 13 rings (SSSR count). The van der Waals surface area contributed by atoms with Crippen molar-refractivity contribution in [3.05, 3.63) is 254 Å². The normalized spacial score (nSPS) is 12.7. The van der Waals surface area contributed by atoms with E-state index in [1.165, 1.54) is 88.3 Å². The van der Waals surface area contributed by atoms with Gasteiger partial charge < -0.3 is 0 Å². The second-order valence-corrected chi connectivity index (χ2v) is 18.7. The van der Waals surface area contributed by atoms with Crippen LogP contribution in [0.2, 0.25) is 0 Å². The third-order valence-electron chi connectivity index (χ3n) is 14.4. The molecule has 1 aliphatic rings. The Morgan fingerprint density at radius 2 is 0.809 bits per heavy atom. The molecule has 0 fully saturated rings. The zero-order chi connectivity index (χ0) is 45.3. The molecule has 0 saturated heterocycles. The van der Waals surface area contributed by atoms with E-state index in [4.69, 9.17) is 4.98 Å². The summed E-state index contributed by atoms with van der Waals surface area (Å²) >= 11 is 0. The number of hydrogen-bond donors (Lipinski definition) is 0. The van der Waals surface area contributed by atoms with Gasteiger partial charge >= 0.3 is 0 Å². The molecule has 2 heteroatoms. The fraction of sp³-hybridized carbons (Fsp3) is 0.0455. The highest BCUT2D eigenvalue weighted by atomic mass is 15.1. The summed E-state index contributed by atoms with van der Waals surface area (Å²) in [4.78, 5) is 5.26. The topological polar surface area (TPSA) is 17.8 Å².